The first-order valence-corrected chi connectivity index (χ1v) is 6.31. The maximum absolute atomic E-state index is 5.61. The summed E-state index contributed by atoms with van der Waals surface area (Å²) in [7, 11) is 0. The predicted molar refractivity (Wildman–Crippen MR) is 66.7 cm³/mol. The Morgan fingerprint density at radius 2 is 2.25 bits per heavy atom. The number of nitrogens with one attached hydrogen (secondary N) is 1. The van der Waals surface area contributed by atoms with Crippen LogP contribution in [0.2, 0.25) is 0 Å². The average molecular weight is 219 g/mol. The van der Waals surface area contributed by atoms with E-state index in [-0.39, 0.29) is 0 Å². The Kier molecular flexibility index (Phi) is 4.23. The molecule has 0 aromatic heterocycles. The molecule has 0 spiro atoms. The van der Waals surface area contributed by atoms with Crippen molar-refractivity contribution in [3.63, 3.8) is 0 Å². The Hall–Kier alpha value is -1.02. The Morgan fingerprint density at radius 1 is 1.38 bits per heavy atom. The smallest absolute Gasteiger partial charge is 0.119 e. The molecule has 1 aliphatic carbocycles. The summed E-state index contributed by atoms with van der Waals surface area (Å²) in [5, 5.41) is 3.49. The van der Waals surface area contributed by atoms with Crippen LogP contribution in [0.5, 0.6) is 5.75 Å². The summed E-state index contributed by atoms with van der Waals surface area (Å²) in [4.78, 5) is 0. The molecule has 88 valence electrons. The van der Waals surface area contributed by atoms with Crippen LogP contribution in [0.3, 0.4) is 0 Å². The van der Waals surface area contributed by atoms with Crippen LogP contribution in [0.1, 0.15) is 31.7 Å². The molecule has 0 bridgehead atoms. The minimum Gasteiger partial charge on any atom is -0.494 e. The maximum Gasteiger partial charge on any atom is 0.119 e. The van der Waals surface area contributed by atoms with E-state index in [9.17, 15) is 0 Å². The van der Waals surface area contributed by atoms with Gasteiger partial charge in [0.2, 0.25) is 0 Å². The molecule has 1 aromatic carbocycles. The van der Waals surface area contributed by atoms with Gasteiger partial charge >= 0.3 is 0 Å². The van der Waals surface area contributed by atoms with E-state index in [1.165, 1.54) is 24.9 Å². The lowest BCUT2D eigenvalue weighted by atomic mass is 10.2. The van der Waals surface area contributed by atoms with E-state index < -0.39 is 0 Å². The van der Waals surface area contributed by atoms with Crippen LogP contribution in [0.15, 0.2) is 24.3 Å². The molecule has 0 radical (unpaired) electrons. The van der Waals surface area contributed by atoms with Gasteiger partial charge in [-0.05, 0) is 49.4 Å². The Morgan fingerprint density at radius 3 is 3.00 bits per heavy atom. The SMILES string of the molecule is CCCOc1cccc(CNCC2CC2)c1. The Labute approximate surface area is 98.0 Å². The van der Waals surface area contributed by atoms with Crippen LogP contribution in [0, 0.1) is 5.92 Å². The maximum atomic E-state index is 5.61. The van der Waals surface area contributed by atoms with Gasteiger partial charge in [0, 0.05) is 6.54 Å². The average Bonchev–Trinajstić information content (AvgIpc) is 3.11. The molecule has 1 aromatic rings. The van der Waals surface area contributed by atoms with Crippen LogP contribution in [0.4, 0.5) is 0 Å². The number of rotatable bonds is 7. The summed E-state index contributed by atoms with van der Waals surface area (Å²) < 4.78 is 5.61. The van der Waals surface area contributed by atoms with Gasteiger partial charge in [-0.25, -0.2) is 0 Å². The van der Waals surface area contributed by atoms with E-state index in [0.29, 0.717) is 0 Å². The third kappa shape index (κ3) is 3.86. The predicted octanol–water partition coefficient (Wildman–Crippen LogP) is 2.98. The summed E-state index contributed by atoms with van der Waals surface area (Å²) in [6.45, 7) is 5.06. The Balaban J connectivity index is 1.77. The van der Waals surface area contributed by atoms with Gasteiger partial charge in [-0.15, -0.1) is 0 Å². The van der Waals surface area contributed by atoms with Crippen molar-refractivity contribution in [1.29, 1.82) is 0 Å². The number of benzene rings is 1. The molecule has 16 heavy (non-hydrogen) atoms. The Bertz CT molecular complexity index is 320. The van der Waals surface area contributed by atoms with Crippen molar-refractivity contribution in [3.8, 4) is 5.75 Å². The molecule has 2 heteroatoms. The van der Waals surface area contributed by atoms with E-state index in [0.717, 1.165) is 31.2 Å². The highest BCUT2D eigenvalue weighted by atomic mass is 16.5. The molecule has 1 aliphatic rings. The van der Waals surface area contributed by atoms with Crippen LogP contribution in [-0.4, -0.2) is 13.2 Å². The molecule has 1 saturated carbocycles. The number of hydrogen-bond donors (Lipinski definition) is 1. The third-order valence-electron chi connectivity index (χ3n) is 2.83. The molecule has 2 rings (SSSR count). The zero-order valence-electron chi connectivity index (χ0n) is 10.0. The molecular formula is C14H21NO. The highest BCUT2D eigenvalue weighted by Crippen LogP contribution is 2.27. The molecule has 2 nitrogen and oxygen atoms in total. The lowest BCUT2D eigenvalue weighted by Gasteiger charge is -2.07. The second-order valence-corrected chi connectivity index (χ2v) is 4.57. The van der Waals surface area contributed by atoms with Gasteiger partial charge in [0.05, 0.1) is 6.61 Å². The van der Waals surface area contributed by atoms with Crippen molar-refractivity contribution >= 4 is 0 Å². The monoisotopic (exact) mass is 219 g/mol. The first kappa shape index (κ1) is 11.5. The first-order valence-electron chi connectivity index (χ1n) is 6.31. The summed E-state index contributed by atoms with van der Waals surface area (Å²) in [5.41, 5.74) is 1.31. The highest BCUT2D eigenvalue weighted by molar-refractivity contribution is 5.28. The fourth-order valence-corrected chi connectivity index (χ4v) is 1.71. The van der Waals surface area contributed by atoms with Crippen LogP contribution < -0.4 is 10.1 Å². The fourth-order valence-electron chi connectivity index (χ4n) is 1.71. The molecule has 1 fully saturated rings. The van der Waals surface area contributed by atoms with E-state index in [1.807, 2.05) is 6.07 Å². The second kappa shape index (κ2) is 5.90. The zero-order valence-corrected chi connectivity index (χ0v) is 10.0. The van der Waals surface area contributed by atoms with Crippen molar-refractivity contribution in [2.75, 3.05) is 13.2 Å². The normalized spacial score (nSPS) is 15.1. The quantitative estimate of drug-likeness (QED) is 0.761. The lowest BCUT2D eigenvalue weighted by Crippen LogP contribution is -2.16. The number of ether oxygens (including phenoxy) is 1. The molecule has 0 aliphatic heterocycles. The van der Waals surface area contributed by atoms with E-state index in [1.54, 1.807) is 0 Å². The van der Waals surface area contributed by atoms with Gasteiger partial charge in [-0.1, -0.05) is 19.1 Å². The summed E-state index contributed by atoms with van der Waals surface area (Å²) in [6, 6.07) is 8.38. The molecule has 0 amide bonds. The topological polar surface area (TPSA) is 21.3 Å². The van der Waals surface area contributed by atoms with E-state index >= 15 is 0 Å². The van der Waals surface area contributed by atoms with Gasteiger partial charge in [-0.3, -0.25) is 0 Å². The lowest BCUT2D eigenvalue weighted by molar-refractivity contribution is 0.317. The second-order valence-electron chi connectivity index (χ2n) is 4.57. The van der Waals surface area contributed by atoms with Gasteiger partial charge in [-0.2, -0.15) is 0 Å². The van der Waals surface area contributed by atoms with Crippen LogP contribution in [-0.2, 0) is 6.54 Å². The molecule has 1 N–H and O–H groups in total. The number of hydrogen-bond acceptors (Lipinski definition) is 2. The molecule has 0 unspecified atom stereocenters. The molecular weight excluding hydrogens is 198 g/mol. The van der Waals surface area contributed by atoms with Gasteiger partial charge in [0.15, 0.2) is 0 Å². The highest BCUT2D eigenvalue weighted by Gasteiger charge is 2.19. The molecule has 0 atom stereocenters. The van der Waals surface area contributed by atoms with Gasteiger partial charge in [0.1, 0.15) is 5.75 Å². The summed E-state index contributed by atoms with van der Waals surface area (Å²) >= 11 is 0. The molecule has 0 saturated heterocycles. The van der Waals surface area contributed by atoms with Gasteiger partial charge in [0.25, 0.3) is 0 Å². The van der Waals surface area contributed by atoms with Crippen molar-refractivity contribution in [2.24, 2.45) is 5.92 Å². The van der Waals surface area contributed by atoms with Crippen molar-refractivity contribution in [3.05, 3.63) is 29.8 Å². The standard InChI is InChI=1S/C14H21NO/c1-2-8-16-14-5-3-4-13(9-14)11-15-10-12-6-7-12/h3-5,9,12,15H,2,6-8,10-11H2,1H3. The summed E-state index contributed by atoms with van der Waals surface area (Å²) in [5.74, 6) is 1.94. The molecule has 0 heterocycles. The van der Waals surface area contributed by atoms with Crippen molar-refractivity contribution in [2.45, 2.75) is 32.7 Å². The van der Waals surface area contributed by atoms with E-state index in [2.05, 4.69) is 30.4 Å². The van der Waals surface area contributed by atoms with Gasteiger partial charge < -0.3 is 10.1 Å². The zero-order chi connectivity index (χ0) is 11.2. The largest absolute Gasteiger partial charge is 0.494 e. The minimum atomic E-state index is 0.805. The third-order valence-corrected chi connectivity index (χ3v) is 2.83. The van der Waals surface area contributed by atoms with Crippen LogP contribution >= 0.6 is 0 Å². The van der Waals surface area contributed by atoms with Crippen LogP contribution in [0.25, 0.3) is 0 Å². The van der Waals surface area contributed by atoms with Crippen molar-refractivity contribution < 1.29 is 4.74 Å². The fraction of sp³-hybridized carbons (Fsp3) is 0.571. The summed E-state index contributed by atoms with van der Waals surface area (Å²) in [6.07, 6.45) is 3.88. The van der Waals surface area contributed by atoms with Crippen molar-refractivity contribution in [1.82, 2.24) is 5.32 Å². The minimum absolute atomic E-state index is 0.805. The first-order chi connectivity index (χ1) is 7.88. The van der Waals surface area contributed by atoms with E-state index in [4.69, 9.17) is 4.74 Å².